The summed E-state index contributed by atoms with van der Waals surface area (Å²) in [7, 11) is 0. The van der Waals surface area contributed by atoms with Crippen molar-refractivity contribution in [2.24, 2.45) is 5.92 Å². The van der Waals surface area contributed by atoms with E-state index in [9.17, 15) is 0 Å². The predicted molar refractivity (Wildman–Crippen MR) is 76.4 cm³/mol. The van der Waals surface area contributed by atoms with Gasteiger partial charge < -0.3 is 4.98 Å². The van der Waals surface area contributed by atoms with Crippen LogP contribution in [0.5, 0.6) is 0 Å². The van der Waals surface area contributed by atoms with Crippen LogP contribution in [-0.2, 0) is 6.42 Å². The summed E-state index contributed by atoms with van der Waals surface area (Å²) in [5.41, 5.74) is 1.89. The standard InChI is InChI=1S/C14H16Cl2N2/c15-10-7-12-13(8-11(10)16)18-14(17-12)6-9-4-2-1-3-5-9/h7-9H,1-6H2,(H,17,18). The lowest BCUT2D eigenvalue weighted by Gasteiger charge is -2.20. The highest BCUT2D eigenvalue weighted by Gasteiger charge is 2.16. The smallest absolute Gasteiger partial charge is 0.107 e. The Hall–Kier alpha value is -0.730. The van der Waals surface area contributed by atoms with Crippen LogP contribution in [0.3, 0.4) is 0 Å². The number of benzene rings is 1. The number of hydrogen-bond donors (Lipinski definition) is 1. The number of aromatic amines is 1. The SMILES string of the molecule is Clc1cc2nc(CC3CCCCC3)[nH]c2cc1Cl. The van der Waals surface area contributed by atoms with E-state index in [1.165, 1.54) is 32.1 Å². The summed E-state index contributed by atoms with van der Waals surface area (Å²) < 4.78 is 0. The van der Waals surface area contributed by atoms with Crippen molar-refractivity contribution >= 4 is 34.2 Å². The first-order chi connectivity index (χ1) is 8.72. The van der Waals surface area contributed by atoms with Crippen LogP contribution in [0.2, 0.25) is 10.0 Å². The second-order valence-electron chi connectivity index (χ2n) is 5.18. The van der Waals surface area contributed by atoms with Crippen LogP contribution in [-0.4, -0.2) is 9.97 Å². The number of hydrogen-bond acceptors (Lipinski definition) is 1. The van der Waals surface area contributed by atoms with Gasteiger partial charge in [0.05, 0.1) is 21.1 Å². The number of nitrogens with one attached hydrogen (secondary N) is 1. The van der Waals surface area contributed by atoms with Gasteiger partial charge in [0.1, 0.15) is 5.82 Å². The fourth-order valence-electron chi connectivity index (χ4n) is 2.82. The Kier molecular flexibility index (Phi) is 3.49. The van der Waals surface area contributed by atoms with E-state index in [0.29, 0.717) is 10.0 Å². The second-order valence-corrected chi connectivity index (χ2v) is 5.99. The van der Waals surface area contributed by atoms with Crippen molar-refractivity contribution in [3.8, 4) is 0 Å². The molecule has 4 heteroatoms. The molecule has 0 amide bonds. The number of H-pyrrole nitrogens is 1. The lowest BCUT2D eigenvalue weighted by atomic mass is 9.87. The first-order valence-electron chi connectivity index (χ1n) is 6.56. The van der Waals surface area contributed by atoms with Crippen LogP contribution in [0.25, 0.3) is 11.0 Å². The molecule has 2 nitrogen and oxygen atoms in total. The molecular weight excluding hydrogens is 267 g/mol. The minimum atomic E-state index is 0.569. The van der Waals surface area contributed by atoms with Crippen LogP contribution >= 0.6 is 23.2 Å². The number of imidazole rings is 1. The summed E-state index contributed by atoms with van der Waals surface area (Å²) in [6, 6.07) is 3.69. The summed E-state index contributed by atoms with van der Waals surface area (Å²) >= 11 is 12.0. The van der Waals surface area contributed by atoms with E-state index in [2.05, 4.69) is 9.97 Å². The number of halogens is 2. The molecule has 0 unspecified atom stereocenters. The largest absolute Gasteiger partial charge is 0.342 e. The van der Waals surface area contributed by atoms with Gasteiger partial charge in [0.15, 0.2) is 0 Å². The van der Waals surface area contributed by atoms with Gasteiger partial charge in [0, 0.05) is 6.42 Å². The highest BCUT2D eigenvalue weighted by Crippen LogP contribution is 2.29. The summed E-state index contributed by atoms with van der Waals surface area (Å²) in [4.78, 5) is 7.97. The van der Waals surface area contributed by atoms with E-state index in [4.69, 9.17) is 23.2 Å². The predicted octanol–water partition coefficient (Wildman–Crippen LogP) is 4.99. The molecule has 0 radical (unpaired) electrons. The van der Waals surface area contributed by atoms with Crippen molar-refractivity contribution in [1.29, 1.82) is 0 Å². The molecule has 1 aliphatic rings. The topological polar surface area (TPSA) is 28.7 Å². The molecular formula is C14H16Cl2N2. The van der Waals surface area contributed by atoms with Gasteiger partial charge in [-0.2, -0.15) is 0 Å². The first-order valence-corrected chi connectivity index (χ1v) is 7.31. The summed E-state index contributed by atoms with van der Waals surface area (Å²) in [6.45, 7) is 0. The molecule has 3 rings (SSSR count). The zero-order chi connectivity index (χ0) is 12.5. The van der Waals surface area contributed by atoms with Crippen molar-refractivity contribution in [1.82, 2.24) is 9.97 Å². The number of nitrogens with zero attached hydrogens (tertiary/aromatic N) is 1. The quantitative estimate of drug-likeness (QED) is 0.826. The zero-order valence-corrected chi connectivity index (χ0v) is 11.7. The third-order valence-corrected chi connectivity index (χ3v) is 4.50. The Morgan fingerprint density at radius 2 is 1.83 bits per heavy atom. The van der Waals surface area contributed by atoms with Gasteiger partial charge in [0.25, 0.3) is 0 Å². The molecule has 2 aromatic rings. The molecule has 0 bridgehead atoms. The number of fused-ring (bicyclic) bond motifs is 1. The molecule has 1 aromatic heterocycles. The van der Waals surface area contributed by atoms with E-state index in [1.807, 2.05) is 12.1 Å². The molecule has 18 heavy (non-hydrogen) atoms. The van der Waals surface area contributed by atoms with Crippen LogP contribution in [0.15, 0.2) is 12.1 Å². The first kappa shape index (κ1) is 12.3. The maximum absolute atomic E-state index is 6.01. The summed E-state index contributed by atoms with van der Waals surface area (Å²) in [5.74, 6) is 1.85. The Bertz CT molecular complexity index is 517. The van der Waals surface area contributed by atoms with Crippen molar-refractivity contribution in [2.75, 3.05) is 0 Å². The Morgan fingerprint density at radius 1 is 1.11 bits per heavy atom. The number of aromatic nitrogens is 2. The molecule has 1 heterocycles. The van der Waals surface area contributed by atoms with Crippen molar-refractivity contribution in [3.05, 3.63) is 28.0 Å². The maximum Gasteiger partial charge on any atom is 0.107 e. The molecule has 0 spiro atoms. The monoisotopic (exact) mass is 282 g/mol. The van der Waals surface area contributed by atoms with E-state index in [0.717, 1.165) is 29.2 Å². The second kappa shape index (κ2) is 5.10. The van der Waals surface area contributed by atoms with Gasteiger partial charge in [-0.15, -0.1) is 0 Å². The minimum absolute atomic E-state index is 0.569. The third kappa shape index (κ3) is 2.50. The van der Waals surface area contributed by atoms with Crippen LogP contribution in [0, 0.1) is 5.92 Å². The van der Waals surface area contributed by atoms with Crippen molar-refractivity contribution in [2.45, 2.75) is 38.5 Å². The molecule has 1 aromatic carbocycles. The van der Waals surface area contributed by atoms with Crippen molar-refractivity contribution in [3.63, 3.8) is 0 Å². The lowest BCUT2D eigenvalue weighted by Crippen LogP contribution is -2.10. The molecule has 0 saturated heterocycles. The molecule has 0 atom stereocenters. The van der Waals surface area contributed by atoms with Crippen LogP contribution in [0.4, 0.5) is 0 Å². The molecule has 96 valence electrons. The van der Waals surface area contributed by atoms with Gasteiger partial charge in [-0.1, -0.05) is 55.3 Å². The molecule has 1 fully saturated rings. The summed E-state index contributed by atoms with van der Waals surface area (Å²) in [5, 5.41) is 1.15. The average molecular weight is 283 g/mol. The normalized spacial score (nSPS) is 17.4. The highest BCUT2D eigenvalue weighted by atomic mass is 35.5. The van der Waals surface area contributed by atoms with E-state index in [-0.39, 0.29) is 0 Å². The molecule has 1 aliphatic carbocycles. The van der Waals surface area contributed by atoms with Gasteiger partial charge in [0.2, 0.25) is 0 Å². The van der Waals surface area contributed by atoms with Gasteiger partial charge in [-0.25, -0.2) is 4.98 Å². The fourth-order valence-corrected chi connectivity index (χ4v) is 3.14. The molecule has 1 saturated carbocycles. The Morgan fingerprint density at radius 3 is 2.61 bits per heavy atom. The molecule has 0 aliphatic heterocycles. The maximum atomic E-state index is 6.01. The minimum Gasteiger partial charge on any atom is -0.342 e. The summed E-state index contributed by atoms with van der Waals surface area (Å²) in [6.07, 6.45) is 7.83. The lowest BCUT2D eigenvalue weighted by molar-refractivity contribution is 0.352. The zero-order valence-electron chi connectivity index (χ0n) is 10.2. The van der Waals surface area contributed by atoms with Gasteiger partial charge in [-0.05, 0) is 18.1 Å². The van der Waals surface area contributed by atoms with E-state index < -0.39 is 0 Å². The van der Waals surface area contributed by atoms with Crippen molar-refractivity contribution < 1.29 is 0 Å². The molecule has 1 N–H and O–H groups in total. The third-order valence-electron chi connectivity index (χ3n) is 3.78. The highest BCUT2D eigenvalue weighted by molar-refractivity contribution is 6.42. The van der Waals surface area contributed by atoms with Crippen LogP contribution < -0.4 is 0 Å². The van der Waals surface area contributed by atoms with E-state index in [1.54, 1.807) is 0 Å². The number of rotatable bonds is 2. The van der Waals surface area contributed by atoms with Gasteiger partial charge >= 0.3 is 0 Å². The van der Waals surface area contributed by atoms with Crippen LogP contribution in [0.1, 0.15) is 37.9 Å². The van der Waals surface area contributed by atoms with E-state index >= 15 is 0 Å². The average Bonchev–Trinajstić information content (AvgIpc) is 2.72. The van der Waals surface area contributed by atoms with Gasteiger partial charge in [-0.3, -0.25) is 0 Å². The Balaban J connectivity index is 1.84. The Labute approximate surface area is 117 Å². The fraction of sp³-hybridized carbons (Fsp3) is 0.500.